The first-order valence-electron chi connectivity index (χ1n) is 19.2. The molecule has 9 aromatic rings. The van der Waals surface area contributed by atoms with Gasteiger partial charge in [0.05, 0.1) is 10.2 Å². The average Bonchev–Trinajstić information content (AvgIpc) is 3.97. The van der Waals surface area contributed by atoms with E-state index < -0.39 is 17.1 Å². The van der Waals surface area contributed by atoms with Gasteiger partial charge in [-0.1, -0.05) is 199 Å². The van der Waals surface area contributed by atoms with Crippen molar-refractivity contribution in [2.45, 2.75) is 15.5 Å². The summed E-state index contributed by atoms with van der Waals surface area (Å²) in [7, 11) is 0. The lowest BCUT2D eigenvalue weighted by atomic mass is 9.77. The Bertz CT molecular complexity index is 2610. The highest BCUT2D eigenvalue weighted by Crippen LogP contribution is 2.43. The maximum atomic E-state index is 14.5. The molecule has 0 fully saturated rings. The highest BCUT2D eigenvalue weighted by molar-refractivity contribution is 7.97. The summed E-state index contributed by atoms with van der Waals surface area (Å²) in [5.74, 6) is -0.736. The van der Waals surface area contributed by atoms with Gasteiger partial charge in [-0.25, -0.2) is 14.8 Å². The number of para-hydroxylation sites is 1. The summed E-state index contributed by atoms with van der Waals surface area (Å²) in [6.45, 7) is 0. The van der Waals surface area contributed by atoms with Crippen LogP contribution in [0, 0.1) is 0 Å². The van der Waals surface area contributed by atoms with Crippen molar-refractivity contribution < 1.29 is 13.8 Å². The number of hydrogen-bond donors (Lipinski definition) is 1. The molecule has 2 aromatic heterocycles. The van der Waals surface area contributed by atoms with E-state index in [-0.39, 0.29) is 11.4 Å². The molecule has 9 rings (SSSR count). The lowest BCUT2D eigenvalue weighted by Gasteiger charge is -2.36. The van der Waals surface area contributed by atoms with Gasteiger partial charge in [0.15, 0.2) is 9.47 Å². The Morgan fingerprint density at radius 2 is 0.983 bits per heavy atom. The standard InChI is InChI=1S/C50H36N4O3S3/c55-46(56-60-48-52-42-33-19-20-34-44(42)59-48)45(54-57-50(39-27-13-4-14-28-39,40-29-15-5-16-30-40)41-31-17-6-18-32-41)43-35-58-47(51-43)53-49(36-21-7-1-8-22-36,37-23-9-2-10-24-37)38-25-11-3-12-26-38/h1-35H,(H,51,53). The molecule has 0 spiro atoms. The van der Waals surface area contributed by atoms with E-state index in [1.165, 1.54) is 22.7 Å². The van der Waals surface area contributed by atoms with Crippen LogP contribution in [-0.2, 0) is 25.0 Å². The lowest BCUT2D eigenvalue weighted by molar-refractivity contribution is -0.126. The summed E-state index contributed by atoms with van der Waals surface area (Å²) in [6.07, 6.45) is 0. The molecule has 60 heavy (non-hydrogen) atoms. The van der Waals surface area contributed by atoms with Crippen LogP contribution in [0.5, 0.6) is 0 Å². The lowest BCUT2D eigenvalue weighted by Crippen LogP contribution is -2.38. The Kier molecular flexibility index (Phi) is 11.3. The minimum Gasteiger partial charge on any atom is -0.379 e. The van der Waals surface area contributed by atoms with Crippen LogP contribution in [0.15, 0.2) is 221 Å². The number of fused-ring (bicyclic) bond motifs is 1. The Hall–Kier alpha value is -6.85. The number of anilines is 1. The molecule has 0 amide bonds. The fourth-order valence-electron chi connectivity index (χ4n) is 7.36. The first-order chi connectivity index (χ1) is 29.6. The van der Waals surface area contributed by atoms with Crippen LogP contribution >= 0.6 is 34.7 Å². The van der Waals surface area contributed by atoms with Crippen molar-refractivity contribution in [3.05, 3.63) is 251 Å². The average molecular weight is 837 g/mol. The molecule has 0 bridgehead atoms. The molecule has 0 saturated heterocycles. The van der Waals surface area contributed by atoms with Crippen molar-refractivity contribution in [2.24, 2.45) is 5.16 Å². The molecule has 0 aliphatic heterocycles. The van der Waals surface area contributed by atoms with Crippen LogP contribution in [0.2, 0.25) is 0 Å². The fraction of sp³-hybridized carbons (Fsp3) is 0.0400. The molecule has 0 radical (unpaired) electrons. The highest BCUT2D eigenvalue weighted by Gasteiger charge is 2.41. The van der Waals surface area contributed by atoms with E-state index in [4.69, 9.17) is 19.2 Å². The summed E-state index contributed by atoms with van der Waals surface area (Å²) in [4.78, 5) is 31.1. The molecule has 0 saturated carbocycles. The van der Waals surface area contributed by atoms with Gasteiger partial charge in [-0.15, -0.1) is 22.7 Å². The third kappa shape index (κ3) is 7.71. The van der Waals surface area contributed by atoms with Crippen LogP contribution in [0.4, 0.5) is 5.13 Å². The SMILES string of the molecule is O=C(OSc1nc2ccccc2s1)C(=NOC(c1ccccc1)(c1ccccc1)c1ccccc1)c1csc(NC(c2ccccc2)(c2ccccc2)c2ccccc2)n1. The van der Waals surface area contributed by atoms with Gasteiger partial charge in [0, 0.05) is 22.1 Å². The van der Waals surface area contributed by atoms with Gasteiger partial charge in [0.2, 0.25) is 11.3 Å². The quantitative estimate of drug-likeness (QED) is 0.0505. The molecule has 10 heteroatoms. The summed E-state index contributed by atoms with van der Waals surface area (Å²) in [6, 6.07) is 68.3. The van der Waals surface area contributed by atoms with Crippen LogP contribution in [0.25, 0.3) is 10.2 Å². The first kappa shape index (κ1) is 38.7. The molecular formula is C50H36N4O3S3. The summed E-state index contributed by atoms with van der Waals surface area (Å²) in [5, 5.41) is 10.9. The van der Waals surface area contributed by atoms with Crippen LogP contribution in [0.3, 0.4) is 0 Å². The van der Waals surface area contributed by atoms with E-state index in [0.717, 1.165) is 55.6 Å². The van der Waals surface area contributed by atoms with Gasteiger partial charge >= 0.3 is 5.97 Å². The number of carbonyl (C=O) groups excluding carboxylic acids is 1. The second-order valence-electron chi connectivity index (χ2n) is 13.7. The molecule has 0 atom stereocenters. The number of thiazole rings is 2. The summed E-state index contributed by atoms with van der Waals surface area (Å²) in [5.41, 5.74) is 4.41. The zero-order valence-corrected chi connectivity index (χ0v) is 34.4. The van der Waals surface area contributed by atoms with Crippen molar-refractivity contribution in [1.82, 2.24) is 9.97 Å². The minimum absolute atomic E-state index is 0.107. The molecule has 7 nitrogen and oxygen atoms in total. The predicted molar refractivity (Wildman–Crippen MR) is 243 cm³/mol. The third-order valence-electron chi connectivity index (χ3n) is 10.1. The predicted octanol–water partition coefficient (Wildman–Crippen LogP) is 12.1. The number of hydrogen-bond acceptors (Lipinski definition) is 10. The number of carbonyl (C=O) groups is 1. The Morgan fingerprint density at radius 1 is 0.550 bits per heavy atom. The zero-order valence-electron chi connectivity index (χ0n) is 32.0. The van der Waals surface area contributed by atoms with Crippen LogP contribution in [-0.4, -0.2) is 21.6 Å². The topological polar surface area (TPSA) is 85.7 Å². The van der Waals surface area contributed by atoms with E-state index in [1.807, 2.05) is 170 Å². The molecule has 7 aromatic carbocycles. The Morgan fingerprint density at radius 3 is 1.45 bits per heavy atom. The zero-order chi connectivity index (χ0) is 40.6. The van der Waals surface area contributed by atoms with Crippen molar-refractivity contribution in [2.75, 3.05) is 5.32 Å². The normalized spacial score (nSPS) is 11.9. The van der Waals surface area contributed by atoms with Crippen molar-refractivity contribution in [1.29, 1.82) is 0 Å². The number of nitrogens with zero attached hydrogens (tertiary/aromatic N) is 3. The number of rotatable bonds is 14. The van der Waals surface area contributed by atoms with Gasteiger partial charge in [-0.2, -0.15) is 0 Å². The Balaban J connectivity index is 1.17. The molecular weight excluding hydrogens is 801 g/mol. The van der Waals surface area contributed by atoms with E-state index in [0.29, 0.717) is 9.47 Å². The van der Waals surface area contributed by atoms with Crippen molar-refractivity contribution in [3.63, 3.8) is 0 Å². The van der Waals surface area contributed by atoms with Gasteiger partial charge in [0.25, 0.3) is 0 Å². The molecule has 1 N–H and O–H groups in total. The van der Waals surface area contributed by atoms with E-state index in [2.05, 4.69) is 46.7 Å². The highest BCUT2D eigenvalue weighted by atomic mass is 32.2. The van der Waals surface area contributed by atoms with Gasteiger partial charge in [-0.05, 0) is 28.8 Å². The number of benzene rings is 7. The number of oxime groups is 1. The smallest absolute Gasteiger partial charge is 0.375 e. The van der Waals surface area contributed by atoms with E-state index in [9.17, 15) is 4.79 Å². The summed E-state index contributed by atoms with van der Waals surface area (Å²) < 4.78 is 7.50. The van der Waals surface area contributed by atoms with Gasteiger partial charge in [0.1, 0.15) is 23.3 Å². The maximum Gasteiger partial charge on any atom is 0.375 e. The first-order valence-corrected chi connectivity index (χ1v) is 21.6. The van der Waals surface area contributed by atoms with Crippen molar-refractivity contribution >= 4 is 61.7 Å². The minimum atomic E-state index is -1.25. The number of aromatic nitrogens is 2. The van der Waals surface area contributed by atoms with Gasteiger partial charge in [-0.3, -0.25) is 0 Å². The third-order valence-corrected chi connectivity index (χ3v) is 12.6. The summed E-state index contributed by atoms with van der Waals surface area (Å²) >= 11 is 3.69. The fourth-order valence-corrected chi connectivity index (χ4v) is 9.68. The second kappa shape index (κ2) is 17.6. The molecule has 0 aliphatic rings. The number of nitrogens with one attached hydrogen (secondary N) is 1. The largest absolute Gasteiger partial charge is 0.379 e. The molecule has 0 aliphatic carbocycles. The second-order valence-corrected chi connectivity index (χ2v) is 16.6. The molecule has 292 valence electrons. The van der Waals surface area contributed by atoms with Crippen LogP contribution < -0.4 is 5.32 Å². The maximum absolute atomic E-state index is 14.5. The van der Waals surface area contributed by atoms with E-state index in [1.54, 1.807) is 5.38 Å². The van der Waals surface area contributed by atoms with E-state index >= 15 is 0 Å². The van der Waals surface area contributed by atoms with Gasteiger partial charge < -0.3 is 14.3 Å². The monoisotopic (exact) mass is 836 g/mol. The molecule has 2 heterocycles. The molecule has 0 unspecified atom stereocenters. The van der Waals surface area contributed by atoms with Crippen LogP contribution in [0.1, 0.15) is 39.1 Å². The Labute approximate surface area is 360 Å². The van der Waals surface area contributed by atoms with Crippen molar-refractivity contribution in [3.8, 4) is 0 Å².